The number of benzene rings is 1. The summed E-state index contributed by atoms with van der Waals surface area (Å²) in [5.41, 5.74) is 1.78. The van der Waals surface area contributed by atoms with Gasteiger partial charge in [0.1, 0.15) is 11.7 Å². The predicted molar refractivity (Wildman–Crippen MR) is 74.6 cm³/mol. The summed E-state index contributed by atoms with van der Waals surface area (Å²) in [4.78, 5) is 13.5. The van der Waals surface area contributed by atoms with Crippen LogP contribution in [0.2, 0.25) is 0 Å². The number of aryl methyl sites for hydroxylation is 1. The van der Waals surface area contributed by atoms with Gasteiger partial charge in [0.15, 0.2) is 0 Å². The van der Waals surface area contributed by atoms with Gasteiger partial charge in [0.2, 0.25) is 5.91 Å². The van der Waals surface area contributed by atoms with Gasteiger partial charge in [-0.15, -0.1) is 11.6 Å². The number of carbonyl (C=O) groups excluding carboxylic acids is 1. The fraction of sp³-hybridized carbons (Fsp3) is 0.286. The van der Waals surface area contributed by atoms with E-state index in [-0.39, 0.29) is 17.6 Å². The van der Waals surface area contributed by atoms with Crippen molar-refractivity contribution in [3.05, 3.63) is 53.6 Å². The molecule has 1 aromatic carbocycles. The van der Waals surface area contributed by atoms with Crippen molar-refractivity contribution in [1.29, 1.82) is 0 Å². The number of halogens is 2. The first-order valence-electron chi connectivity index (χ1n) is 6.14. The van der Waals surface area contributed by atoms with E-state index in [0.29, 0.717) is 13.1 Å². The van der Waals surface area contributed by atoms with Crippen molar-refractivity contribution < 1.29 is 9.18 Å². The van der Waals surface area contributed by atoms with Gasteiger partial charge in [0.05, 0.1) is 6.20 Å². The third-order valence-corrected chi connectivity index (χ3v) is 3.11. The van der Waals surface area contributed by atoms with Crippen LogP contribution in [0.5, 0.6) is 0 Å². The quantitative estimate of drug-likeness (QED) is 0.794. The average Bonchev–Trinajstić information content (AvgIpc) is 2.85. The van der Waals surface area contributed by atoms with Crippen molar-refractivity contribution in [3.63, 3.8) is 0 Å². The Hall–Kier alpha value is -1.88. The normalized spacial score (nSPS) is 10.6. The number of hydrogen-bond donors (Lipinski definition) is 0. The van der Waals surface area contributed by atoms with Crippen LogP contribution in [0.25, 0.3) is 0 Å². The second-order valence-electron chi connectivity index (χ2n) is 4.53. The van der Waals surface area contributed by atoms with Gasteiger partial charge < -0.3 is 4.90 Å². The van der Waals surface area contributed by atoms with Gasteiger partial charge in [0.25, 0.3) is 0 Å². The lowest BCUT2D eigenvalue weighted by Crippen LogP contribution is -2.30. The zero-order valence-electron chi connectivity index (χ0n) is 11.1. The third kappa shape index (κ3) is 3.81. The summed E-state index contributed by atoms with van der Waals surface area (Å²) in [6, 6.07) is 6.08. The number of amides is 1. The number of hydrogen-bond acceptors (Lipinski definition) is 2. The Bertz CT molecular complexity index is 582. The summed E-state index contributed by atoms with van der Waals surface area (Å²) in [6.07, 6.45) is 3.55. The standard InChI is InChI=1S/C14H15ClFN3O/c1-18-8-12(7-17-18)10-19(14(20)6-15)9-11-2-4-13(16)5-3-11/h2-5,7-8H,6,9-10H2,1H3. The Morgan fingerprint density at radius 1 is 1.30 bits per heavy atom. The van der Waals surface area contributed by atoms with E-state index >= 15 is 0 Å². The van der Waals surface area contributed by atoms with Gasteiger partial charge in [0, 0.05) is 31.9 Å². The van der Waals surface area contributed by atoms with Crippen LogP contribution in [-0.4, -0.2) is 26.5 Å². The second-order valence-corrected chi connectivity index (χ2v) is 4.80. The minimum Gasteiger partial charge on any atom is -0.333 e. The number of carbonyl (C=O) groups is 1. The molecule has 0 fully saturated rings. The highest BCUT2D eigenvalue weighted by Gasteiger charge is 2.14. The number of aromatic nitrogens is 2. The van der Waals surface area contributed by atoms with Gasteiger partial charge >= 0.3 is 0 Å². The molecule has 0 radical (unpaired) electrons. The fourth-order valence-electron chi connectivity index (χ4n) is 1.90. The highest BCUT2D eigenvalue weighted by molar-refractivity contribution is 6.27. The number of rotatable bonds is 5. The Morgan fingerprint density at radius 3 is 2.50 bits per heavy atom. The first-order valence-corrected chi connectivity index (χ1v) is 6.67. The Morgan fingerprint density at radius 2 is 1.95 bits per heavy atom. The first-order chi connectivity index (χ1) is 9.58. The molecule has 106 valence electrons. The summed E-state index contributed by atoms with van der Waals surface area (Å²) < 4.78 is 14.6. The zero-order valence-corrected chi connectivity index (χ0v) is 11.8. The smallest absolute Gasteiger partial charge is 0.238 e. The molecule has 4 nitrogen and oxygen atoms in total. The largest absolute Gasteiger partial charge is 0.333 e. The highest BCUT2D eigenvalue weighted by Crippen LogP contribution is 2.11. The maximum Gasteiger partial charge on any atom is 0.238 e. The number of alkyl halides is 1. The molecule has 0 N–H and O–H groups in total. The van der Waals surface area contributed by atoms with Crippen LogP contribution in [0.1, 0.15) is 11.1 Å². The lowest BCUT2D eigenvalue weighted by Gasteiger charge is -2.21. The summed E-state index contributed by atoms with van der Waals surface area (Å²) >= 11 is 5.64. The summed E-state index contributed by atoms with van der Waals surface area (Å²) in [6.45, 7) is 0.817. The van der Waals surface area contributed by atoms with Gasteiger partial charge in [-0.3, -0.25) is 9.48 Å². The monoisotopic (exact) mass is 295 g/mol. The highest BCUT2D eigenvalue weighted by atomic mass is 35.5. The van der Waals surface area contributed by atoms with Gasteiger partial charge in [-0.25, -0.2) is 4.39 Å². The SMILES string of the molecule is Cn1cc(CN(Cc2ccc(F)cc2)C(=O)CCl)cn1. The maximum atomic E-state index is 12.9. The van der Waals surface area contributed by atoms with Gasteiger partial charge in [-0.2, -0.15) is 5.10 Å². The summed E-state index contributed by atoms with van der Waals surface area (Å²) in [7, 11) is 1.82. The molecule has 0 saturated heterocycles. The zero-order chi connectivity index (χ0) is 14.5. The van der Waals surface area contributed by atoms with E-state index in [1.54, 1.807) is 27.9 Å². The van der Waals surface area contributed by atoms with E-state index in [9.17, 15) is 9.18 Å². The Kier molecular flexibility index (Phi) is 4.74. The molecule has 0 unspecified atom stereocenters. The topological polar surface area (TPSA) is 38.1 Å². The fourth-order valence-corrected chi connectivity index (χ4v) is 2.07. The molecule has 1 heterocycles. The molecular formula is C14H15ClFN3O. The number of nitrogens with zero attached hydrogens (tertiary/aromatic N) is 3. The Balaban J connectivity index is 2.11. The molecule has 0 spiro atoms. The predicted octanol–water partition coefficient (Wildman–Crippen LogP) is 2.33. The van der Waals surface area contributed by atoms with Gasteiger partial charge in [-0.1, -0.05) is 12.1 Å². The molecule has 0 aliphatic rings. The maximum absolute atomic E-state index is 12.9. The van der Waals surface area contributed by atoms with E-state index in [1.165, 1.54) is 12.1 Å². The van der Waals surface area contributed by atoms with Crippen LogP contribution in [0, 0.1) is 5.82 Å². The van der Waals surface area contributed by atoms with Crippen LogP contribution in [-0.2, 0) is 24.9 Å². The van der Waals surface area contributed by atoms with E-state index in [4.69, 9.17) is 11.6 Å². The van der Waals surface area contributed by atoms with E-state index in [0.717, 1.165) is 11.1 Å². The van der Waals surface area contributed by atoms with Crippen LogP contribution in [0.15, 0.2) is 36.7 Å². The lowest BCUT2D eigenvalue weighted by molar-refractivity contribution is -0.129. The molecule has 0 saturated carbocycles. The van der Waals surface area contributed by atoms with Crippen LogP contribution in [0.4, 0.5) is 4.39 Å². The molecule has 0 atom stereocenters. The van der Waals surface area contributed by atoms with Crippen molar-refractivity contribution in [1.82, 2.24) is 14.7 Å². The van der Waals surface area contributed by atoms with Crippen molar-refractivity contribution in [2.24, 2.45) is 7.05 Å². The molecule has 0 aliphatic carbocycles. The van der Waals surface area contributed by atoms with Crippen LogP contribution >= 0.6 is 11.6 Å². The van der Waals surface area contributed by atoms with E-state index < -0.39 is 0 Å². The molecule has 20 heavy (non-hydrogen) atoms. The van der Waals surface area contributed by atoms with Crippen LogP contribution in [0.3, 0.4) is 0 Å². The molecule has 1 aromatic heterocycles. The molecular weight excluding hydrogens is 281 g/mol. The minimum absolute atomic E-state index is 0.0819. The van der Waals surface area contributed by atoms with Crippen molar-refractivity contribution in [2.45, 2.75) is 13.1 Å². The van der Waals surface area contributed by atoms with Crippen molar-refractivity contribution in [3.8, 4) is 0 Å². The van der Waals surface area contributed by atoms with Gasteiger partial charge in [-0.05, 0) is 17.7 Å². The van der Waals surface area contributed by atoms with E-state index in [2.05, 4.69) is 5.10 Å². The molecule has 2 rings (SSSR count). The molecule has 0 bridgehead atoms. The van der Waals surface area contributed by atoms with Crippen molar-refractivity contribution in [2.75, 3.05) is 5.88 Å². The molecule has 6 heteroatoms. The molecule has 0 aliphatic heterocycles. The van der Waals surface area contributed by atoms with E-state index in [1.807, 2.05) is 13.2 Å². The average molecular weight is 296 g/mol. The summed E-state index contributed by atoms with van der Waals surface area (Å²) in [5.74, 6) is -0.544. The molecule has 2 aromatic rings. The third-order valence-electron chi connectivity index (χ3n) is 2.89. The molecule has 1 amide bonds. The Labute approximate surface area is 121 Å². The first kappa shape index (κ1) is 14.5. The summed E-state index contributed by atoms with van der Waals surface area (Å²) in [5, 5.41) is 4.07. The minimum atomic E-state index is -0.295. The van der Waals surface area contributed by atoms with Crippen LogP contribution < -0.4 is 0 Å². The second kappa shape index (κ2) is 6.52. The lowest BCUT2D eigenvalue weighted by atomic mass is 10.2. The van der Waals surface area contributed by atoms with Crippen molar-refractivity contribution >= 4 is 17.5 Å².